The van der Waals surface area contributed by atoms with Crippen LogP contribution in [0.3, 0.4) is 0 Å². The predicted molar refractivity (Wildman–Crippen MR) is 81.3 cm³/mol. The lowest BCUT2D eigenvalue weighted by atomic mass is 9.43. The third kappa shape index (κ3) is 3.14. The summed E-state index contributed by atoms with van der Waals surface area (Å²) in [5, 5.41) is 0. The van der Waals surface area contributed by atoms with Gasteiger partial charge in [0.1, 0.15) is 10.5 Å². The highest BCUT2D eigenvalue weighted by atomic mass is 28.2. The molecule has 0 aromatic carbocycles. The van der Waals surface area contributed by atoms with E-state index in [1.165, 1.54) is 0 Å². The maximum absolute atomic E-state index is 5.52. The Labute approximate surface area is 112 Å². The summed E-state index contributed by atoms with van der Waals surface area (Å²) in [4.78, 5) is 0. The highest BCUT2D eigenvalue weighted by Crippen LogP contribution is 2.63. The molecule has 0 amide bonds. The molecule has 0 aliphatic heterocycles. The molecule has 0 atom stereocenters. The lowest BCUT2D eigenvalue weighted by Crippen LogP contribution is -2.55. The lowest BCUT2D eigenvalue weighted by molar-refractivity contribution is -0.133. The Bertz CT molecular complexity index is 201. The molecule has 0 radical (unpaired) electrons. The molecule has 0 unspecified atom stereocenters. The minimum atomic E-state index is 0.261. The second kappa shape index (κ2) is 5.04. The molecule has 0 rings (SSSR count). The molecule has 0 aromatic heterocycles. The molecule has 0 heterocycles. The van der Waals surface area contributed by atoms with Crippen molar-refractivity contribution in [2.24, 2.45) is 21.7 Å². The maximum Gasteiger partial charge on any atom is 0.145 e. The topological polar surface area (TPSA) is 9.23 Å². The number of rotatable bonds is 3. The van der Waals surface area contributed by atoms with Gasteiger partial charge in [-0.1, -0.05) is 62.3 Å². The molecule has 0 aliphatic carbocycles. The van der Waals surface area contributed by atoms with Gasteiger partial charge in [-0.25, -0.2) is 0 Å². The van der Waals surface area contributed by atoms with Crippen molar-refractivity contribution in [3.8, 4) is 0 Å². The van der Waals surface area contributed by atoms with Gasteiger partial charge in [0.2, 0.25) is 0 Å². The molecule has 0 fully saturated rings. The zero-order valence-electron chi connectivity index (χ0n) is 13.8. The van der Waals surface area contributed by atoms with Crippen LogP contribution in [0.5, 0.6) is 0 Å². The van der Waals surface area contributed by atoms with Gasteiger partial charge < -0.3 is 4.43 Å². The van der Waals surface area contributed by atoms with Crippen LogP contribution in [-0.2, 0) is 4.43 Å². The molecule has 0 aliphatic rings. The molecule has 0 saturated carbocycles. The summed E-state index contributed by atoms with van der Waals surface area (Å²) >= 11 is 0. The third-order valence-corrected chi connectivity index (χ3v) is 4.93. The zero-order chi connectivity index (χ0) is 14.1. The van der Waals surface area contributed by atoms with Crippen LogP contribution in [0.25, 0.3) is 0 Å². The van der Waals surface area contributed by atoms with Gasteiger partial charge in [0, 0.05) is 6.61 Å². The van der Waals surface area contributed by atoms with Crippen molar-refractivity contribution in [2.45, 2.75) is 68.7 Å². The highest BCUT2D eigenvalue weighted by Gasteiger charge is 2.56. The smallest absolute Gasteiger partial charge is 0.145 e. The van der Waals surface area contributed by atoms with Crippen molar-refractivity contribution in [3.05, 3.63) is 0 Å². The standard InChI is InChI=1S/C15H34OSi/c1-12(2,3)15(10-11-16-17,13(4,5)6)14(7,8)9/h10-11H2,1-9,17H3. The summed E-state index contributed by atoms with van der Waals surface area (Å²) in [6.45, 7) is 22.4. The van der Waals surface area contributed by atoms with E-state index in [4.69, 9.17) is 4.43 Å². The van der Waals surface area contributed by atoms with E-state index in [0.717, 1.165) is 23.5 Å². The maximum atomic E-state index is 5.52. The Morgan fingerprint density at radius 3 is 1.18 bits per heavy atom. The molecule has 0 spiro atoms. The third-order valence-electron chi connectivity index (χ3n) is 4.52. The molecule has 0 N–H and O–H groups in total. The van der Waals surface area contributed by atoms with Gasteiger partial charge in [0.15, 0.2) is 0 Å². The summed E-state index contributed by atoms with van der Waals surface area (Å²) in [5.74, 6) is 0. The van der Waals surface area contributed by atoms with Crippen molar-refractivity contribution >= 4 is 10.5 Å². The van der Waals surface area contributed by atoms with E-state index in [-0.39, 0.29) is 21.7 Å². The van der Waals surface area contributed by atoms with Crippen LogP contribution >= 0.6 is 0 Å². The van der Waals surface area contributed by atoms with E-state index >= 15 is 0 Å². The summed E-state index contributed by atoms with van der Waals surface area (Å²) in [7, 11) is 0.843. The average Bonchev–Trinajstić information content (AvgIpc) is 1.96. The van der Waals surface area contributed by atoms with Crippen molar-refractivity contribution < 1.29 is 4.43 Å². The fraction of sp³-hybridized carbons (Fsp3) is 1.00. The van der Waals surface area contributed by atoms with Crippen LogP contribution in [0.4, 0.5) is 0 Å². The van der Waals surface area contributed by atoms with Crippen LogP contribution in [0.15, 0.2) is 0 Å². The van der Waals surface area contributed by atoms with Crippen molar-refractivity contribution in [3.63, 3.8) is 0 Å². The van der Waals surface area contributed by atoms with Gasteiger partial charge in [-0.15, -0.1) is 0 Å². The fourth-order valence-electron chi connectivity index (χ4n) is 4.76. The molecular weight excluding hydrogens is 224 g/mol. The van der Waals surface area contributed by atoms with E-state index in [9.17, 15) is 0 Å². The summed E-state index contributed by atoms with van der Waals surface area (Å²) in [5.41, 5.74) is 1.06. The Morgan fingerprint density at radius 2 is 1.00 bits per heavy atom. The second-order valence-electron chi connectivity index (χ2n) is 8.40. The Hall–Kier alpha value is 0.177. The normalized spacial score (nSPS) is 15.4. The first-order valence-corrected chi connectivity index (χ1v) is 7.62. The van der Waals surface area contributed by atoms with Crippen molar-refractivity contribution in [2.75, 3.05) is 6.61 Å². The van der Waals surface area contributed by atoms with Crippen LogP contribution in [0.1, 0.15) is 68.7 Å². The Morgan fingerprint density at radius 1 is 0.706 bits per heavy atom. The predicted octanol–water partition coefficient (Wildman–Crippen LogP) is 3.80. The van der Waals surface area contributed by atoms with Gasteiger partial charge in [-0.05, 0) is 28.1 Å². The molecule has 0 saturated heterocycles. The van der Waals surface area contributed by atoms with Gasteiger partial charge in [-0.2, -0.15) is 0 Å². The summed E-state index contributed by atoms with van der Waals surface area (Å²) in [6.07, 6.45) is 1.15. The molecular formula is C15H34OSi. The summed E-state index contributed by atoms with van der Waals surface area (Å²) < 4.78 is 5.52. The van der Waals surface area contributed by atoms with E-state index in [0.29, 0.717) is 0 Å². The fourth-order valence-corrected chi connectivity index (χ4v) is 4.96. The van der Waals surface area contributed by atoms with Gasteiger partial charge in [-0.3, -0.25) is 0 Å². The van der Waals surface area contributed by atoms with E-state index in [2.05, 4.69) is 62.3 Å². The first-order chi connectivity index (χ1) is 7.31. The van der Waals surface area contributed by atoms with E-state index in [1.54, 1.807) is 0 Å². The van der Waals surface area contributed by atoms with E-state index in [1.807, 2.05) is 0 Å². The first-order valence-electron chi connectivity index (χ1n) is 6.80. The van der Waals surface area contributed by atoms with Gasteiger partial charge >= 0.3 is 0 Å². The van der Waals surface area contributed by atoms with E-state index < -0.39 is 0 Å². The number of hydrogen-bond donors (Lipinski definition) is 0. The van der Waals surface area contributed by atoms with Crippen molar-refractivity contribution in [1.82, 2.24) is 0 Å². The average molecular weight is 259 g/mol. The molecule has 104 valence electrons. The number of hydrogen-bond acceptors (Lipinski definition) is 1. The van der Waals surface area contributed by atoms with Crippen LogP contribution in [0.2, 0.25) is 0 Å². The molecule has 0 bridgehead atoms. The molecule has 2 heteroatoms. The van der Waals surface area contributed by atoms with Crippen molar-refractivity contribution in [1.29, 1.82) is 0 Å². The first kappa shape index (κ1) is 17.2. The minimum Gasteiger partial charge on any atom is -0.428 e. The minimum absolute atomic E-state index is 0.261. The van der Waals surface area contributed by atoms with Crippen LogP contribution in [-0.4, -0.2) is 17.1 Å². The lowest BCUT2D eigenvalue weighted by Gasteiger charge is -2.61. The SMILES string of the molecule is CC(C)(C)C(CCO[SiH3])(C(C)(C)C)C(C)(C)C. The van der Waals surface area contributed by atoms with Crippen LogP contribution < -0.4 is 0 Å². The summed E-state index contributed by atoms with van der Waals surface area (Å²) in [6, 6.07) is 0. The van der Waals surface area contributed by atoms with Crippen LogP contribution in [0, 0.1) is 21.7 Å². The molecule has 0 aromatic rings. The van der Waals surface area contributed by atoms with Gasteiger partial charge in [0.25, 0.3) is 0 Å². The Balaban J connectivity index is 5.75. The zero-order valence-corrected chi connectivity index (χ0v) is 15.8. The Kier molecular flexibility index (Phi) is 5.10. The monoisotopic (exact) mass is 258 g/mol. The largest absolute Gasteiger partial charge is 0.428 e. The highest BCUT2D eigenvalue weighted by molar-refractivity contribution is 5.97. The molecule has 1 nitrogen and oxygen atoms in total. The molecule has 17 heavy (non-hydrogen) atoms. The second-order valence-corrected chi connectivity index (χ2v) is 8.98. The quantitative estimate of drug-likeness (QED) is 0.700. The van der Waals surface area contributed by atoms with Gasteiger partial charge in [0.05, 0.1) is 0 Å².